The van der Waals surface area contributed by atoms with Gasteiger partial charge in [0.15, 0.2) is 18.1 Å². The third-order valence-electron chi connectivity index (χ3n) is 2.69. The number of hydrogen-bond donors (Lipinski definition) is 2. The van der Waals surface area contributed by atoms with Gasteiger partial charge in [-0.3, -0.25) is 4.79 Å². The molecule has 0 aromatic heterocycles. The van der Waals surface area contributed by atoms with Crippen LogP contribution in [0.2, 0.25) is 0 Å². The van der Waals surface area contributed by atoms with Crippen molar-refractivity contribution in [1.82, 2.24) is 5.32 Å². The lowest BCUT2D eigenvalue weighted by Crippen LogP contribution is -2.31. The molecule has 8 heteroatoms. The van der Waals surface area contributed by atoms with Crippen LogP contribution in [0, 0.1) is 0 Å². The first-order chi connectivity index (χ1) is 10.1. The molecule has 0 bridgehead atoms. The van der Waals surface area contributed by atoms with Gasteiger partial charge in [-0.25, -0.2) is 4.79 Å². The lowest BCUT2D eigenvalue weighted by atomic mass is 10.2. The molecular weight excluding hydrogens is 282 g/mol. The summed E-state index contributed by atoms with van der Waals surface area (Å²) >= 11 is 0. The van der Waals surface area contributed by atoms with E-state index in [1.807, 2.05) is 0 Å². The van der Waals surface area contributed by atoms with Gasteiger partial charge >= 0.3 is 5.97 Å². The van der Waals surface area contributed by atoms with Gasteiger partial charge < -0.3 is 29.4 Å². The molecule has 0 aliphatic carbocycles. The number of carbonyl (C=O) groups excluding carboxylic acids is 1. The lowest BCUT2D eigenvalue weighted by Gasteiger charge is -2.10. The summed E-state index contributed by atoms with van der Waals surface area (Å²) in [6, 6.07) is 2.71. The zero-order valence-corrected chi connectivity index (χ0v) is 11.4. The van der Waals surface area contributed by atoms with Gasteiger partial charge in [-0.15, -0.1) is 0 Å². The maximum Gasteiger partial charge on any atom is 0.339 e. The molecule has 0 atom stereocenters. The van der Waals surface area contributed by atoms with Crippen LogP contribution in [0.5, 0.6) is 17.2 Å². The summed E-state index contributed by atoms with van der Waals surface area (Å²) in [6.07, 6.45) is 0. The summed E-state index contributed by atoms with van der Waals surface area (Å²) in [7, 11) is 1.52. The predicted octanol–water partition coefficient (Wildman–Crippen LogP) is 0.255. The average molecular weight is 297 g/mol. The number of nitrogens with one attached hydrogen (secondary N) is 1. The van der Waals surface area contributed by atoms with Gasteiger partial charge in [0.1, 0.15) is 11.3 Å². The number of carboxylic acid groups (broad SMARTS) is 1. The minimum atomic E-state index is -1.18. The minimum absolute atomic E-state index is 0.0232. The number of carboxylic acids is 1. The van der Waals surface area contributed by atoms with Crippen molar-refractivity contribution >= 4 is 11.9 Å². The third-order valence-corrected chi connectivity index (χ3v) is 2.69. The quantitative estimate of drug-likeness (QED) is 0.695. The molecule has 0 unspecified atom stereocenters. The Hall–Kier alpha value is -2.48. The molecule has 21 heavy (non-hydrogen) atoms. The molecule has 1 aliphatic heterocycles. The second kappa shape index (κ2) is 6.80. The number of hydrogen-bond acceptors (Lipinski definition) is 6. The van der Waals surface area contributed by atoms with Crippen LogP contribution in [0.25, 0.3) is 0 Å². The predicted molar refractivity (Wildman–Crippen MR) is 69.9 cm³/mol. The molecule has 8 nitrogen and oxygen atoms in total. The highest BCUT2D eigenvalue weighted by atomic mass is 16.7. The maximum absolute atomic E-state index is 11.5. The van der Waals surface area contributed by atoms with Crippen molar-refractivity contribution in [1.29, 1.82) is 0 Å². The van der Waals surface area contributed by atoms with E-state index in [0.717, 1.165) is 0 Å². The van der Waals surface area contributed by atoms with Crippen LogP contribution >= 0.6 is 0 Å². The minimum Gasteiger partial charge on any atom is -0.483 e. The molecule has 0 saturated carbocycles. The molecule has 0 radical (unpaired) electrons. The summed E-state index contributed by atoms with van der Waals surface area (Å²) < 4.78 is 20.3. The number of benzene rings is 1. The summed E-state index contributed by atoms with van der Waals surface area (Å²) in [6.45, 7) is 0.459. The largest absolute Gasteiger partial charge is 0.483 e. The number of aromatic carboxylic acids is 1. The highest BCUT2D eigenvalue weighted by Crippen LogP contribution is 2.38. The number of methoxy groups -OCH3 is 1. The van der Waals surface area contributed by atoms with E-state index in [-0.39, 0.29) is 30.6 Å². The van der Waals surface area contributed by atoms with E-state index in [4.69, 9.17) is 24.1 Å². The van der Waals surface area contributed by atoms with Gasteiger partial charge in [-0.2, -0.15) is 0 Å². The van der Waals surface area contributed by atoms with Gasteiger partial charge in [0, 0.05) is 25.8 Å². The molecule has 1 heterocycles. The van der Waals surface area contributed by atoms with E-state index < -0.39 is 5.97 Å². The number of fused-ring (bicyclic) bond motifs is 1. The number of carbonyl (C=O) groups is 2. The van der Waals surface area contributed by atoms with Gasteiger partial charge in [0.25, 0.3) is 5.91 Å². The van der Waals surface area contributed by atoms with E-state index in [2.05, 4.69) is 5.32 Å². The summed E-state index contributed by atoms with van der Waals surface area (Å²) in [4.78, 5) is 22.7. The van der Waals surface area contributed by atoms with Crippen LogP contribution in [-0.2, 0) is 9.53 Å². The van der Waals surface area contributed by atoms with Crippen molar-refractivity contribution in [2.75, 3.05) is 33.7 Å². The fourth-order valence-corrected chi connectivity index (χ4v) is 1.70. The monoisotopic (exact) mass is 297 g/mol. The van der Waals surface area contributed by atoms with Crippen molar-refractivity contribution < 1.29 is 33.6 Å². The SMILES string of the molecule is COCCNC(=O)COc1cc2c(cc1C(=O)O)OCO2. The Labute approximate surface area is 120 Å². The van der Waals surface area contributed by atoms with E-state index in [1.54, 1.807) is 0 Å². The fourth-order valence-electron chi connectivity index (χ4n) is 1.70. The Morgan fingerprint density at radius 1 is 1.33 bits per heavy atom. The smallest absolute Gasteiger partial charge is 0.339 e. The van der Waals surface area contributed by atoms with E-state index >= 15 is 0 Å². The highest BCUT2D eigenvalue weighted by molar-refractivity contribution is 5.92. The zero-order valence-electron chi connectivity index (χ0n) is 11.4. The summed E-state index contributed by atoms with van der Waals surface area (Å²) in [5, 5.41) is 11.7. The van der Waals surface area contributed by atoms with Crippen LogP contribution in [0.15, 0.2) is 12.1 Å². The molecule has 0 spiro atoms. The van der Waals surface area contributed by atoms with Crippen LogP contribution in [0.3, 0.4) is 0 Å². The lowest BCUT2D eigenvalue weighted by molar-refractivity contribution is -0.123. The van der Waals surface area contributed by atoms with E-state index in [9.17, 15) is 9.59 Å². The second-order valence-corrected chi connectivity index (χ2v) is 4.14. The molecule has 2 N–H and O–H groups in total. The van der Waals surface area contributed by atoms with Crippen LogP contribution in [0.4, 0.5) is 0 Å². The summed E-state index contributed by atoms with van der Waals surface area (Å²) in [5.41, 5.74) is -0.0936. The van der Waals surface area contributed by atoms with Gasteiger partial charge in [0.05, 0.1) is 6.61 Å². The Bertz CT molecular complexity index is 544. The Morgan fingerprint density at radius 2 is 2.05 bits per heavy atom. The standard InChI is InChI=1S/C13H15NO7/c1-18-3-2-14-12(15)6-19-9-5-11-10(20-7-21-11)4-8(9)13(16)17/h4-5H,2-3,6-7H2,1H3,(H,14,15)(H,16,17). The third kappa shape index (κ3) is 3.76. The number of ether oxygens (including phenoxy) is 4. The van der Waals surface area contributed by atoms with E-state index in [0.29, 0.717) is 24.7 Å². The average Bonchev–Trinajstić information content (AvgIpc) is 2.91. The summed E-state index contributed by atoms with van der Waals surface area (Å²) in [5.74, 6) is -0.781. The van der Waals surface area contributed by atoms with Crippen molar-refractivity contribution in [2.24, 2.45) is 0 Å². The topological polar surface area (TPSA) is 103 Å². The molecule has 2 rings (SSSR count). The zero-order chi connectivity index (χ0) is 15.2. The van der Waals surface area contributed by atoms with E-state index in [1.165, 1.54) is 19.2 Å². The first-order valence-electron chi connectivity index (χ1n) is 6.17. The molecular formula is C13H15NO7. The first-order valence-corrected chi connectivity index (χ1v) is 6.17. The van der Waals surface area contributed by atoms with Crippen molar-refractivity contribution in [2.45, 2.75) is 0 Å². The fraction of sp³-hybridized carbons (Fsp3) is 0.385. The number of rotatable bonds is 7. The van der Waals surface area contributed by atoms with Crippen molar-refractivity contribution in [3.05, 3.63) is 17.7 Å². The normalized spacial score (nSPS) is 12.0. The van der Waals surface area contributed by atoms with Crippen LogP contribution in [-0.4, -0.2) is 50.6 Å². The molecule has 1 aromatic rings. The molecule has 1 amide bonds. The highest BCUT2D eigenvalue weighted by Gasteiger charge is 2.22. The molecule has 0 fully saturated rings. The van der Waals surface area contributed by atoms with Gasteiger partial charge in [-0.1, -0.05) is 0 Å². The Morgan fingerprint density at radius 3 is 2.71 bits per heavy atom. The van der Waals surface area contributed by atoms with Crippen LogP contribution in [0.1, 0.15) is 10.4 Å². The Kier molecular flexibility index (Phi) is 4.83. The molecule has 114 valence electrons. The maximum atomic E-state index is 11.5. The Balaban J connectivity index is 2.02. The first kappa shape index (κ1) is 14.9. The van der Waals surface area contributed by atoms with Crippen LogP contribution < -0.4 is 19.5 Å². The molecule has 0 saturated heterocycles. The second-order valence-electron chi connectivity index (χ2n) is 4.14. The van der Waals surface area contributed by atoms with Crippen molar-refractivity contribution in [3.8, 4) is 17.2 Å². The van der Waals surface area contributed by atoms with Gasteiger partial charge in [-0.05, 0) is 0 Å². The molecule has 1 aliphatic rings. The van der Waals surface area contributed by atoms with Crippen molar-refractivity contribution in [3.63, 3.8) is 0 Å². The number of amides is 1. The van der Waals surface area contributed by atoms with Gasteiger partial charge in [0.2, 0.25) is 6.79 Å². The molecule has 1 aromatic carbocycles.